The first kappa shape index (κ1) is 24.4. The quantitative estimate of drug-likeness (QED) is 0.283. The standard InChI is InChI=1S/C25H32N8O/c1-16(2)18(11-26)10-23(28)33-24-7-6-21-22(32-24)9-19(15-31-21)20(12-27)14-29-13-17-5-4-8-30-25(17)34-3/h4-12,14-16,24,32-33H,13,26-28H2,1-3H3/b18-11+,20-12?,23-10+,29-14?. The normalized spacial score (nSPS) is 16.5. The minimum atomic E-state index is -0.205. The van der Waals surface area contributed by atoms with Crippen molar-refractivity contribution in [1.82, 2.24) is 15.3 Å². The fraction of sp³-hybridized carbons (Fsp3) is 0.240. The van der Waals surface area contributed by atoms with Gasteiger partial charge in [0.05, 0.1) is 30.9 Å². The van der Waals surface area contributed by atoms with Crippen molar-refractivity contribution in [2.75, 3.05) is 12.4 Å². The van der Waals surface area contributed by atoms with Crippen LogP contribution in [0.1, 0.15) is 30.7 Å². The predicted molar refractivity (Wildman–Crippen MR) is 138 cm³/mol. The number of fused-ring (bicyclic) bond motifs is 1. The SMILES string of the molecule is COc1ncccc1CN=CC(=CN)c1cnc2c(c1)NC(N/C(N)=C/C(=C\N)C(C)C)C=C2. The van der Waals surface area contributed by atoms with Crippen molar-refractivity contribution in [2.45, 2.75) is 26.6 Å². The van der Waals surface area contributed by atoms with E-state index in [0.717, 1.165) is 33.7 Å². The zero-order valence-corrected chi connectivity index (χ0v) is 19.7. The molecular formula is C25H32N8O. The van der Waals surface area contributed by atoms with E-state index < -0.39 is 0 Å². The van der Waals surface area contributed by atoms with E-state index in [2.05, 4.69) is 39.4 Å². The van der Waals surface area contributed by atoms with Crippen LogP contribution >= 0.6 is 0 Å². The molecule has 34 heavy (non-hydrogen) atoms. The van der Waals surface area contributed by atoms with Gasteiger partial charge in [0.2, 0.25) is 5.88 Å². The molecule has 0 radical (unpaired) electrons. The van der Waals surface area contributed by atoms with Crippen LogP contribution in [0.3, 0.4) is 0 Å². The van der Waals surface area contributed by atoms with E-state index in [4.69, 9.17) is 21.9 Å². The highest BCUT2D eigenvalue weighted by Crippen LogP contribution is 2.25. The molecule has 0 spiro atoms. The number of rotatable bonds is 9. The first-order chi connectivity index (χ1) is 16.4. The van der Waals surface area contributed by atoms with Gasteiger partial charge in [-0.05, 0) is 48.1 Å². The van der Waals surface area contributed by atoms with Crippen molar-refractivity contribution in [3.05, 3.63) is 83.4 Å². The molecule has 0 bridgehead atoms. The van der Waals surface area contributed by atoms with Crippen molar-refractivity contribution in [2.24, 2.45) is 28.1 Å². The van der Waals surface area contributed by atoms with Crippen LogP contribution < -0.4 is 32.6 Å². The van der Waals surface area contributed by atoms with Crippen LogP contribution in [-0.4, -0.2) is 29.5 Å². The summed E-state index contributed by atoms with van der Waals surface area (Å²) in [4.78, 5) is 13.2. The molecule has 3 heterocycles. The number of hydrogen-bond donors (Lipinski definition) is 5. The molecule has 9 heteroatoms. The third kappa shape index (κ3) is 6.16. The van der Waals surface area contributed by atoms with Gasteiger partial charge in [-0.3, -0.25) is 9.98 Å². The van der Waals surface area contributed by atoms with E-state index in [9.17, 15) is 0 Å². The maximum atomic E-state index is 6.17. The molecule has 0 saturated carbocycles. The molecule has 9 nitrogen and oxygen atoms in total. The summed E-state index contributed by atoms with van der Waals surface area (Å²) in [5.74, 6) is 1.34. The molecule has 1 unspecified atom stereocenters. The molecule has 0 saturated heterocycles. The van der Waals surface area contributed by atoms with Gasteiger partial charge in [0, 0.05) is 41.5 Å². The maximum absolute atomic E-state index is 6.17. The Kier molecular flexibility index (Phi) is 8.28. The summed E-state index contributed by atoms with van der Waals surface area (Å²) in [6.07, 6.45) is 13.8. The zero-order chi connectivity index (χ0) is 24.5. The Labute approximate surface area is 200 Å². The van der Waals surface area contributed by atoms with Crippen LogP contribution in [-0.2, 0) is 6.54 Å². The summed E-state index contributed by atoms with van der Waals surface area (Å²) in [6.45, 7) is 4.54. The van der Waals surface area contributed by atoms with Crippen LogP contribution in [0.4, 0.5) is 5.69 Å². The third-order valence-electron chi connectivity index (χ3n) is 5.23. The van der Waals surface area contributed by atoms with Crippen LogP contribution in [0, 0.1) is 5.92 Å². The number of nitrogens with one attached hydrogen (secondary N) is 2. The minimum absolute atomic E-state index is 0.205. The van der Waals surface area contributed by atoms with Crippen LogP contribution in [0.25, 0.3) is 11.6 Å². The topological polar surface area (TPSA) is 149 Å². The molecule has 8 N–H and O–H groups in total. The fourth-order valence-electron chi connectivity index (χ4n) is 3.36. The van der Waals surface area contributed by atoms with E-state index >= 15 is 0 Å². The number of aromatic nitrogens is 2. The van der Waals surface area contributed by atoms with Gasteiger partial charge in [0.1, 0.15) is 6.17 Å². The summed E-state index contributed by atoms with van der Waals surface area (Å²) in [5.41, 5.74) is 22.8. The molecule has 0 aliphatic carbocycles. The number of ether oxygens (including phenoxy) is 1. The molecule has 178 valence electrons. The van der Waals surface area contributed by atoms with Gasteiger partial charge < -0.3 is 32.6 Å². The monoisotopic (exact) mass is 460 g/mol. The highest BCUT2D eigenvalue weighted by molar-refractivity contribution is 6.09. The average Bonchev–Trinajstić information content (AvgIpc) is 2.84. The number of methoxy groups -OCH3 is 1. The van der Waals surface area contributed by atoms with Crippen molar-refractivity contribution in [1.29, 1.82) is 0 Å². The van der Waals surface area contributed by atoms with Gasteiger partial charge in [0.25, 0.3) is 0 Å². The molecule has 1 aliphatic heterocycles. The van der Waals surface area contributed by atoms with Crippen molar-refractivity contribution >= 4 is 23.6 Å². The van der Waals surface area contributed by atoms with Crippen LogP contribution in [0.2, 0.25) is 0 Å². The van der Waals surface area contributed by atoms with Gasteiger partial charge in [-0.2, -0.15) is 0 Å². The van der Waals surface area contributed by atoms with Gasteiger partial charge in [-0.1, -0.05) is 19.9 Å². The number of hydrogen-bond acceptors (Lipinski definition) is 9. The second-order valence-electron chi connectivity index (χ2n) is 7.97. The molecular weight excluding hydrogens is 428 g/mol. The van der Waals surface area contributed by atoms with Gasteiger partial charge in [0.15, 0.2) is 0 Å². The summed E-state index contributed by atoms with van der Waals surface area (Å²) < 4.78 is 5.28. The molecule has 0 fully saturated rings. The van der Waals surface area contributed by atoms with E-state index in [1.165, 1.54) is 6.20 Å². The van der Waals surface area contributed by atoms with E-state index in [0.29, 0.717) is 18.2 Å². The van der Waals surface area contributed by atoms with Gasteiger partial charge in [-0.25, -0.2) is 4.98 Å². The summed E-state index contributed by atoms with van der Waals surface area (Å²) in [5, 5.41) is 6.63. The number of anilines is 1. The lowest BCUT2D eigenvalue weighted by Gasteiger charge is -2.24. The fourth-order valence-corrected chi connectivity index (χ4v) is 3.36. The molecule has 0 amide bonds. The van der Waals surface area contributed by atoms with Crippen molar-refractivity contribution < 1.29 is 4.74 Å². The second-order valence-corrected chi connectivity index (χ2v) is 7.97. The molecule has 2 aromatic heterocycles. The molecule has 3 rings (SSSR count). The Bertz CT molecular complexity index is 1150. The average molecular weight is 461 g/mol. The summed E-state index contributed by atoms with van der Waals surface area (Å²) >= 11 is 0. The third-order valence-corrected chi connectivity index (χ3v) is 5.23. The Hall–Kier alpha value is -4.27. The summed E-state index contributed by atoms with van der Waals surface area (Å²) in [6, 6.07) is 5.75. The molecule has 1 aliphatic rings. The van der Waals surface area contributed by atoms with Crippen LogP contribution in [0.5, 0.6) is 5.88 Å². The first-order valence-corrected chi connectivity index (χ1v) is 11.0. The van der Waals surface area contributed by atoms with Crippen molar-refractivity contribution in [3.63, 3.8) is 0 Å². The van der Waals surface area contributed by atoms with Crippen LogP contribution in [0.15, 0.2) is 71.5 Å². The lowest BCUT2D eigenvalue weighted by Crippen LogP contribution is -2.38. The Morgan fingerprint density at radius 2 is 2.12 bits per heavy atom. The Morgan fingerprint density at radius 1 is 1.29 bits per heavy atom. The molecule has 2 aromatic rings. The number of aliphatic imine (C=N–C) groups is 1. The first-order valence-electron chi connectivity index (χ1n) is 11.0. The highest BCUT2D eigenvalue weighted by Gasteiger charge is 2.15. The second kappa shape index (κ2) is 11.6. The maximum Gasteiger partial charge on any atom is 0.218 e. The molecule has 1 atom stereocenters. The lowest BCUT2D eigenvalue weighted by molar-refractivity contribution is 0.392. The minimum Gasteiger partial charge on any atom is -0.481 e. The number of allylic oxidation sites excluding steroid dienone is 3. The van der Waals surface area contributed by atoms with Crippen molar-refractivity contribution in [3.8, 4) is 5.88 Å². The highest BCUT2D eigenvalue weighted by atomic mass is 16.5. The number of nitrogens with zero attached hydrogens (tertiary/aromatic N) is 3. The lowest BCUT2D eigenvalue weighted by atomic mass is 10.0. The molecule has 0 aromatic carbocycles. The van der Waals surface area contributed by atoms with E-state index in [-0.39, 0.29) is 12.1 Å². The summed E-state index contributed by atoms with van der Waals surface area (Å²) in [7, 11) is 1.59. The number of nitrogens with two attached hydrogens (primary N) is 3. The van der Waals surface area contributed by atoms with E-state index in [1.54, 1.807) is 31.9 Å². The van der Waals surface area contributed by atoms with Gasteiger partial charge in [-0.15, -0.1) is 0 Å². The predicted octanol–water partition coefficient (Wildman–Crippen LogP) is 2.71. The van der Waals surface area contributed by atoms with Gasteiger partial charge >= 0.3 is 0 Å². The largest absolute Gasteiger partial charge is 0.481 e. The smallest absolute Gasteiger partial charge is 0.218 e. The Morgan fingerprint density at radius 3 is 2.82 bits per heavy atom. The van der Waals surface area contributed by atoms with E-state index in [1.807, 2.05) is 36.4 Å². The zero-order valence-electron chi connectivity index (χ0n) is 19.7. The Balaban J connectivity index is 1.71. The number of pyridine rings is 2.